The van der Waals surface area contributed by atoms with Gasteiger partial charge in [0.2, 0.25) is 6.43 Å². The summed E-state index contributed by atoms with van der Waals surface area (Å²) in [4.78, 5) is 10.8. The molecule has 0 heterocycles. The normalized spacial score (nSPS) is 19.2. The average molecular weight is 361 g/mol. The van der Waals surface area contributed by atoms with E-state index in [0.29, 0.717) is 0 Å². The van der Waals surface area contributed by atoms with Crippen LogP contribution in [0.3, 0.4) is 0 Å². The summed E-state index contributed by atoms with van der Waals surface area (Å²) in [5, 5.41) is 8.94. The van der Waals surface area contributed by atoms with Crippen LogP contribution in [0, 0.1) is 10.8 Å². The number of carboxylic acid groups (broad SMARTS) is 1. The van der Waals surface area contributed by atoms with E-state index >= 15 is 0 Å². The summed E-state index contributed by atoms with van der Waals surface area (Å²) in [7, 11) is 0. The lowest BCUT2D eigenvalue weighted by molar-refractivity contribution is -0.143. The molecule has 2 saturated carbocycles. The minimum Gasteiger partial charge on any atom is -0.481 e. The largest absolute Gasteiger partial charge is 0.481 e. The van der Waals surface area contributed by atoms with Gasteiger partial charge in [-0.2, -0.15) is 0 Å². The smallest absolute Gasteiger partial charge is 0.309 e. The van der Waals surface area contributed by atoms with Crippen LogP contribution >= 0.6 is 0 Å². The first kappa shape index (κ1) is 22.4. The maximum absolute atomic E-state index is 12.3. The van der Waals surface area contributed by atoms with Gasteiger partial charge in [-0.25, -0.2) is 8.78 Å². The molecule has 0 aliphatic heterocycles. The maximum Gasteiger partial charge on any atom is 0.309 e. The third-order valence-corrected chi connectivity index (χ3v) is 5.95. The Morgan fingerprint density at radius 2 is 1.32 bits per heavy atom. The van der Waals surface area contributed by atoms with E-state index in [2.05, 4.69) is 13.8 Å². The number of rotatable bonds is 13. The van der Waals surface area contributed by atoms with Crippen molar-refractivity contribution in [2.45, 2.75) is 117 Å². The molecule has 0 saturated heterocycles. The van der Waals surface area contributed by atoms with E-state index in [0.717, 1.165) is 64.2 Å². The molecule has 25 heavy (non-hydrogen) atoms. The summed E-state index contributed by atoms with van der Waals surface area (Å²) in [6.45, 7) is 4.31. The highest BCUT2D eigenvalue weighted by atomic mass is 19.3. The number of hydrogen-bond donors (Lipinski definition) is 1. The van der Waals surface area contributed by atoms with Gasteiger partial charge in [0, 0.05) is 5.41 Å². The molecule has 2 aliphatic carbocycles. The molecule has 0 aromatic carbocycles. The summed E-state index contributed by atoms with van der Waals surface area (Å²) < 4.78 is 24.6. The van der Waals surface area contributed by atoms with Gasteiger partial charge in [-0.05, 0) is 38.5 Å². The van der Waals surface area contributed by atoms with Crippen molar-refractivity contribution < 1.29 is 18.7 Å². The Kier molecular flexibility index (Phi) is 9.96. The van der Waals surface area contributed by atoms with Gasteiger partial charge in [0.25, 0.3) is 0 Å². The van der Waals surface area contributed by atoms with Crippen LogP contribution < -0.4 is 0 Å². The van der Waals surface area contributed by atoms with Crippen molar-refractivity contribution in [1.82, 2.24) is 0 Å². The Labute approximate surface area is 152 Å². The topological polar surface area (TPSA) is 37.3 Å². The second-order valence-electron chi connectivity index (χ2n) is 8.22. The Morgan fingerprint density at radius 1 is 0.840 bits per heavy atom. The fourth-order valence-electron chi connectivity index (χ4n) is 3.43. The van der Waals surface area contributed by atoms with Gasteiger partial charge in [-0.1, -0.05) is 71.6 Å². The van der Waals surface area contributed by atoms with Gasteiger partial charge in [-0.3, -0.25) is 4.79 Å². The summed E-state index contributed by atoms with van der Waals surface area (Å²) in [5.74, 6) is -0.564. The molecule has 0 radical (unpaired) electrons. The van der Waals surface area contributed by atoms with Gasteiger partial charge in [0.15, 0.2) is 0 Å². The SMILES string of the molecule is CCCCCC1(C(F)F)CC1.CCCCCCCCC1(C(=O)O)CC1. The van der Waals surface area contributed by atoms with Crippen molar-refractivity contribution in [1.29, 1.82) is 0 Å². The Hall–Kier alpha value is -0.670. The number of carboxylic acids is 1. The quantitative estimate of drug-likeness (QED) is 0.352. The molecular weight excluding hydrogens is 322 g/mol. The van der Waals surface area contributed by atoms with Crippen molar-refractivity contribution in [3.8, 4) is 0 Å². The number of carbonyl (C=O) groups is 1. The number of alkyl halides is 2. The molecule has 1 N–H and O–H groups in total. The van der Waals surface area contributed by atoms with Crippen molar-refractivity contribution in [2.24, 2.45) is 10.8 Å². The molecule has 2 fully saturated rings. The average Bonchev–Trinajstić information content (AvgIpc) is 3.46. The van der Waals surface area contributed by atoms with Gasteiger partial charge in [-0.15, -0.1) is 0 Å². The van der Waals surface area contributed by atoms with Crippen LogP contribution in [0.1, 0.15) is 110 Å². The minimum atomic E-state index is -2.07. The van der Waals surface area contributed by atoms with E-state index in [4.69, 9.17) is 5.11 Å². The van der Waals surface area contributed by atoms with Crippen LogP contribution in [0.25, 0.3) is 0 Å². The number of halogens is 2. The Balaban J connectivity index is 0.000000257. The van der Waals surface area contributed by atoms with Crippen molar-refractivity contribution in [3.05, 3.63) is 0 Å². The summed E-state index contributed by atoms with van der Waals surface area (Å²) >= 11 is 0. The summed E-state index contributed by atoms with van der Waals surface area (Å²) in [6, 6.07) is 0. The van der Waals surface area contributed by atoms with E-state index in [1.54, 1.807) is 0 Å². The molecule has 0 atom stereocenters. The molecule has 0 unspecified atom stereocenters. The van der Waals surface area contributed by atoms with Crippen LogP contribution in [0.15, 0.2) is 0 Å². The van der Waals surface area contributed by atoms with Gasteiger partial charge >= 0.3 is 5.97 Å². The number of hydrogen-bond acceptors (Lipinski definition) is 1. The zero-order chi connectivity index (χ0) is 18.8. The molecule has 2 nitrogen and oxygen atoms in total. The predicted molar refractivity (Wildman–Crippen MR) is 99.1 cm³/mol. The second kappa shape index (κ2) is 11.1. The van der Waals surface area contributed by atoms with Crippen LogP contribution in [0.4, 0.5) is 8.78 Å². The standard InChI is InChI=1S/C12H22O2.C9H16F2/c1-2-3-4-5-6-7-8-12(9-10-12)11(13)14;1-2-3-4-5-9(6-7-9)8(10)11/h2-10H2,1H3,(H,13,14);8H,2-7H2,1H3. The van der Waals surface area contributed by atoms with Gasteiger partial charge < -0.3 is 5.11 Å². The second-order valence-corrected chi connectivity index (χ2v) is 8.22. The lowest BCUT2D eigenvalue weighted by Gasteiger charge is -2.12. The fraction of sp³-hybridized carbons (Fsp3) is 0.952. The van der Waals surface area contributed by atoms with Gasteiger partial charge in [0.05, 0.1) is 5.41 Å². The maximum atomic E-state index is 12.3. The number of unbranched alkanes of at least 4 members (excludes halogenated alkanes) is 7. The van der Waals surface area contributed by atoms with Gasteiger partial charge in [0.1, 0.15) is 0 Å². The fourth-order valence-corrected chi connectivity index (χ4v) is 3.43. The highest BCUT2D eigenvalue weighted by Gasteiger charge is 2.50. The lowest BCUT2D eigenvalue weighted by Crippen LogP contribution is -2.14. The highest BCUT2D eigenvalue weighted by Crippen LogP contribution is 2.54. The Morgan fingerprint density at radius 3 is 1.76 bits per heavy atom. The minimum absolute atomic E-state index is 0.287. The van der Waals surface area contributed by atoms with E-state index in [1.165, 1.54) is 32.1 Å². The highest BCUT2D eigenvalue weighted by molar-refractivity contribution is 5.77. The van der Waals surface area contributed by atoms with E-state index in [1.807, 2.05) is 0 Å². The molecule has 0 amide bonds. The van der Waals surface area contributed by atoms with E-state index < -0.39 is 17.8 Å². The molecule has 148 valence electrons. The summed E-state index contributed by atoms with van der Waals surface area (Å²) in [5.41, 5.74) is -0.820. The van der Waals surface area contributed by atoms with Crippen LogP contribution in [0.5, 0.6) is 0 Å². The third kappa shape index (κ3) is 8.04. The predicted octanol–water partition coefficient (Wildman–Crippen LogP) is 7.21. The first-order valence-electron chi connectivity index (χ1n) is 10.4. The monoisotopic (exact) mass is 360 g/mol. The molecular formula is C21H38F2O2. The summed E-state index contributed by atoms with van der Waals surface area (Å²) in [6.07, 6.45) is 13.7. The van der Waals surface area contributed by atoms with Crippen molar-refractivity contribution in [2.75, 3.05) is 0 Å². The molecule has 4 heteroatoms. The zero-order valence-corrected chi connectivity index (χ0v) is 16.3. The van der Waals surface area contributed by atoms with Crippen molar-refractivity contribution >= 4 is 5.97 Å². The molecule has 2 aliphatic rings. The number of aliphatic carboxylic acids is 1. The Bertz CT molecular complexity index is 374. The van der Waals surface area contributed by atoms with E-state index in [9.17, 15) is 13.6 Å². The van der Waals surface area contributed by atoms with E-state index in [-0.39, 0.29) is 5.41 Å². The van der Waals surface area contributed by atoms with Crippen LogP contribution in [-0.2, 0) is 4.79 Å². The molecule has 2 rings (SSSR count). The third-order valence-electron chi connectivity index (χ3n) is 5.95. The zero-order valence-electron chi connectivity index (χ0n) is 16.3. The molecule has 0 bridgehead atoms. The first-order valence-corrected chi connectivity index (χ1v) is 10.4. The van der Waals surface area contributed by atoms with Crippen LogP contribution in [0.2, 0.25) is 0 Å². The molecule has 0 aromatic heterocycles. The lowest BCUT2D eigenvalue weighted by atomic mass is 9.98. The van der Waals surface area contributed by atoms with Crippen molar-refractivity contribution in [3.63, 3.8) is 0 Å². The molecule has 0 aromatic rings. The first-order chi connectivity index (χ1) is 11.9. The van der Waals surface area contributed by atoms with Crippen LogP contribution in [-0.4, -0.2) is 17.5 Å². The molecule has 0 spiro atoms.